The second-order valence-corrected chi connectivity index (χ2v) is 5.66. The highest BCUT2D eigenvalue weighted by Crippen LogP contribution is 2.28. The maximum absolute atomic E-state index is 5.98. The first-order valence-electron chi connectivity index (χ1n) is 7.54. The summed E-state index contributed by atoms with van der Waals surface area (Å²) in [6.45, 7) is 4.93. The fourth-order valence-corrected chi connectivity index (χ4v) is 2.34. The second kappa shape index (κ2) is 6.48. The summed E-state index contributed by atoms with van der Waals surface area (Å²) < 4.78 is 5.98. The highest BCUT2D eigenvalue weighted by molar-refractivity contribution is 5.59. The number of nitrogens with zero attached hydrogens (tertiary/aromatic N) is 1. The quantitative estimate of drug-likeness (QED) is 0.735. The van der Waals surface area contributed by atoms with E-state index in [4.69, 9.17) is 4.74 Å². The van der Waals surface area contributed by atoms with Crippen LogP contribution in [-0.4, -0.2) is 9.97 Å². The molecule has 0 fully saturated rings. The van der Waals surface area contributed by atoms with Gasteiger partial charge < -0.3 is 9.72 Å². The molecule has 0 unspecified atom stereocenters. The Morgan fingerprint density at radius 2 is 1.91 bits per heavy atom. The monoisotopic (exact) mass is 292 g/mol. The van der Waals surface area contributed by atoms with E-state index in [0.717, 1.165) is 22.7 Å². The molecule has 0 saturated carbocycles. The van der Waals surface area contributed by atoms with Gasteiger partial charge in [0.1, 0.15) is 18.2 Å². The van der Waals surface area contributed by atoms with Crippen molar-refractivity contribution in [3.63, 3.8) is 0 Å². The number of rotatable bonds is 5. The van der Waals surface area contributed by atoms with Crippen molar-refractivity contribution in [1.82, 2.24) is 9.97 Å². The second-order valence-electron chi connectivity index (χ2n) is 5.66. The van der Waals surface area contributed by atoms with Crippen molar-refractivity contribution in [2.45, 2.75) is 26.4 Å². The van der Waals surface area contributed by atoms with E-state index in [1.165, 1.54) is 5.56 Å². The SMILES string of the molecule is CC(C)c1cc(OCc2ccccc2)cc(-c2ncc[nH]2)c1. The van der Waals surface area contributed by atoms with Gasteiger partial charge in [0.25, 0.3) is 0 Å². The predicted octanol–water partition coefficient (Wildman–Crippen LogP) is 4.78. The molecule has 0 radical (unpaired) electrons. The summed E-state index contributed by atoms with van der Waals surface area (Å²) in [5, 5.41) is 0. The van der Waals surface area contributed by atoms with Crippen LogP contribution in [0, 0.1) is 0 Å². The third-order valence-corrected chi connectivity index (χ3v) is 3.62. The van der Waals surface area contributed by atoms with Crippen LogP contribution in [0.5, 0.6) is 5.75 Å². The van der Waals surface area contributed by atoms with Gasteiger partial charge in [-0.05, 0) is 35.2 Å². The number of aromatic amines is 1. The lowest BCUT2D eigenvalue weighted by Crippen LogP contribution is -1.98. The van der Waals surface area contributed by atoms with E-state index in [0.29, 0.717) is 12.5 Å². The standard InChI is InChI=1S/C19H20N2O/c1-14(2)16-10-17(19-20-8-9-21-19)12-18(11-16)22-13-15-6-4-3-5-7-15/h3-12,14H,13H2,1-2H3,(H,20,21). The van der Waals surface area contributed by atoms with Gasteiger partial charge in [0, 0.05) is 18.0 Å². The molecule has 22 heavy (non-hydrogen) atoms. The van der Waals surface area contributed by atoms with Crippen molar-refractivity contribution in [3.05, 3.63) is 72.1 Å². The van der Waals surface area contributed by atoms with Crippen LogP contribution in [-0.2, 0) is 6.61 Å². The zero-order valence-corrected chi connectivity index (χ0v) is 12.9. The Kier molecular flexibility index (Phi) is 4.24. The first kappa shape index (κ1) is 14.4. The minimum Gasteiger partial charge on any atom is -0.489 e. The molecule has 112 valence electrons. The summed E-state index contributed by atoms with van der Waals surface area (Å²) >= 11 is 0. The molecule has 0 spiro atoms. The molecule has 0 aliphatic heterocycles. The molecule has 0 amide bonds. The van der Waals surface area contributed by atoms with Crippen molar-refractivity contribution in [1.29, 1.82) is 0 Å². The minimum atomic E-state index is 0.439. The Labute approximate surface area is 131 Å². The fourth-order valence-electron chi connectivity index (χ4n) is 2.34. The van der Waals surface area contributed by atoms with Crippen LogP contribution in [0.3, 0.4) is 0 Å². The number of imidazole rings is 1. The molecule has 1 aromatic heterocycles. The van der Waals surface area contributed by atoms with Gasteiger partial charge >= 0.3 is 0 Å². The van der Waals surface area contributed by atoms with Crippen molar-refractivity contribution in [2.75, 3.05) is 0 Å². The van der Waals surface area contributed by atoms with Gasteiger partial charge in [0.05, 0.1) is 0 Å². The summed E-state index contributed by atoms with van der Waals surface area (Å²) in [6.07, 6.45) is 3.60. The first-order valence-corrected chi connectivity index (χ1v) is 7.54. The molecule has 2 aromatic carbocycles. The summed E-state index contributed by atoms with van der Waals surface area (Å²) in [4.78, 5) is 7.49. The largest absolute Gasteiger partial charge is 0.489 e. The molecule has 0 atom stereocenters. The number of ether oxygens (including phenoxy) is 1. The van der Waals surface area contributed by atoms with Crippen LogP contribution >= 0.6 is 0 Å². The molecular formula is C19H20N2O. The average Bonchev–Trinajstić information content (AvgIpc) is 3.08. The molecular weight excluding hydrogens is 272 g/mol. The van der Waals surface area contributed by atoms with Crippen molar-refractivity contribution < 1.29 is 4.74 Å². The first-order chi connectivity index (χ1) is 10.7. The van der Waals surface area contributed by atoms with E-state index >= 15 is 0 Å². The molecule has 0 aliphatic rings. The molecule has 3 nitrogen and oxygen atoms in total. The molecule has 1 N–H and O–H groups in total. The topological polar surface area (TPSA) is 37.9 Å². The fraction of sp³-hybridized carbons (Fsp3) is 0.211. The zero-order chi connectivity index (χ0) is 15.4. The van der Waals surface area contributed by atoms with Crippen LogP contribution in [0.4, 0.5) is 0 Å². The highest BCUT2D eigenvalue weighted by Gasteiger charge is 2.08. The smallest absolute Gasteiger partial charge is 0.137 e. The van der Waals surface area contributed by atoms with Crippen LogP contribution in [0.25, 0.3) is 11.4 Å². The molecule has 0 saturated heterocycles. The maximum Gasteiger partial charge on any atom is 0.137 e. The lowest BCUT2D eigenvalue weighted by atomic mass is 10.00. The van der Waals surface area contributed by atoms with E-state index in [9.17, 15) is 0 Å². The highest BCUT2D eigenvalue weighted by atomic mass is 16.5. The molecule has 3 heteroatoms. The van der Waals surface area contributed by atoms with Crippen molar-refractivity contribution >= 4 is 0 Å². The number of aromatic nitrogens is 2. The molecule has 0 bridgehead atoms. The summed E-state index contributed by atoms with van der Waals surface area (Å²) in [5.41, 5.74) is 3.47. The molecule has 3 rings (SSSR count). The predicted molar refractivity (Wildman–Crippen MR) is 88.9 cm³/mol. The Morgan fingerprint density at radius 1 is 1.09 bits per heavy atom. The number of hydrogen-bond donors (Lipinski definition) is 1. The van der Waals surface area contributed by atoms with Crippen molar-refractivity contribution in [2.24, 2.45) is 0 Å². The summed E-state index contributed by atoms with van der Waals surface area (Å²) in [7, 11) is 0. The molecule has 1 heterocycles. The van der Waals surface area contributed by atoms with Crippen LogP contribution in [0.15, 0.2) is 60.9 Å². The number of nitrogens with one attached hydrogen (secondary N) is 1. The van der Waals surface area contributed by atoms with Crippen LogP contribution < -0.4 is 4.74 Å². The average molecular weight is 292 g/mol. The summed E-state index contributed by atoms with van der Waals surface area (Å²) in [6, 6.07) is 16.5. The van der Waals surface area contributed by atoms with Gasteiger partial charge in [0.15, 0.2) is 0 Å². The lowest BCUT2D eigenvalue weighted by Gasteiger charge is -2.12. The molecule has 0 aliphatic carbocycles. The van der Waals surface area contributed by atoms with E-state index in [1.54, 1.807) is 6.20 Å². The zero-order valence-electron chi connectivity index (χ0n) is 12.9. The Hall–Kier alpha value is -2.55. The van der Waals surface area contributed by atoms with E-state index in [-0.39, 0.29) is 0 Å². The third-order valence-electron chi connectivity index (χ3n) is 3.62. The Balaban J connectivity index is 1.86. The number of benzene rings is 2. The maximum atomic E-state index is 5.98. The lowest BCUT2D eigenvalue weighted by molar-refractivity contribution is 0.306. The van der Waals surface area contributed by atoms with E-state index in [2.05, 4.69) is 48.1 Å². The Bertz CT molecular complexity index is 718. The summed E-state index contributed by atoms with van der Waals surface area (Å²) in [5.74, 6) is 2.18. The number of H-pyrrole nitrogens is 1. The van der Waals surface area contributed by atoms with Crippen LogP contribution in [0.1, 0.15) is 30.9 Å². The Morgan fingerprint density at radius 3 is 2.59 bits per heavy atom. The minimum absolute atomic E-state index is 0.439. The van der Waals surface area contributed by atoms with Gasteiger partial charge in [-0.3, -0.25) is 0 Å². The molecule has 3 aromatic rings. The van der Waals surface area contributed by atoms with Gasteiger partial charge in [-0.1, -0.05) is 44.2 Å². The normalized spacial score (nSPS) is 10.9. The van der Waals surface area contributed by atoms with E-state index in [1.807, 2.05) is 30.5 Å². The van der Waals surface area contributed by atoms with E-state index < -0.39 is 0 Å². The van der Waals surface area contributed by atoms with Crippen LogP contribution in [0.2, 0.25) is 0 Å². The number of hydrogen-bond acceptors (Lipinski definition) is 2. The van der Waals surface area contributed by atoms with Gasteiger partial charge in [-0.2, -0.15) is 0 Å². The van der Waals surface area contributed by atoms with Gasteiger partial charge in [0.2, 0.25) is 0 Å². The van der Waals surface area contributed by atoms with Gasteiger partial charge in [-0.15, -0.1) is 0 Å². The van der Waals surface area contributed by atoms with Crippen molar-refractivity contribution in [3.8, 4) is 17.1 Å². The van der Waals surface area contributed by atoms with Gasteiger partial charge in [-0.25, -0.2) is 4.98 Å². The third kappa shape index (κ3) is 3.37.